The number of benzene rings is 1. The molecule has 0 saturated heterocycles. The minimum atomic E-state index is -0.543. The third-order valence-electron chi connectivity index (χ3n) is 3.79. The fourth-order valence-corrected chi connectivity index (χ4v) is 2.56. The van der Waals surface area contributed by atoms with E-state index in [4.69, 9.17) is 0 Å². The summed E-state index contributed by atoms with van der Waals surface area (Å²) in [6.07, 6.45) is 0.452. The molecule has 3 heteroatoms. The molecule has 0 radical (unpaired) electrons. The van der Waals surface area contributed by atoms with Gasteiger partial charge >= 0.3 is 0 Å². The highest BCUT2D eigenvalue weighted by atomic mass is 16.2. The van der Waals surface area contributed by atoms with Gasteiger partial charge in [0.25, 0.3) is 0 Å². The average molecular weight is 245 g/mol. The Morgan fingerprint density at radius 2 is 1.94 bits per heavy atom. The van der Waals surface area contributed by atoms with Crippen molar-refractivity contribution in [1.29, 1.82) is 0 Å². The molecule has 1 amide bonds. The Bertz CT molecular complexity index is 505. The van der Waals surface area contributed by atoms with Crippen LogP contribution in [0.1, 0.15) is 39.7 Å². The Morgan fingerprint density at radius 1 is 1.33 bits per heavy atom. The SMILES string of the molecule is CCC(=O)C(C)N1C(=O)C(C)(C)c2ccccc21. The van der Waals surface area contributed by atoms with Crippen molar-refractivity contribution in [2.75, 3.05) is 4.90 Å². The van der Waals surface area contributed by atoms with Gasteiger partial charge in [-0.15, -0.1) is 0 Å². The molecule has 1 atom stereocenters. The number of rotatable bonds is 3. The second kappa shape index (κ2) is 4.23. The number of para-hydroxylation sites is 1. The Balaban J connectivity index is 2.51. The standard InChI is InChI=1S/C15H19NO2/c1-5-13(17)10(2)16-12-9-7-6-8-11(12)15(3,4)14(16)18/h6-10H,5H2,1-4H3. The van der Waals surface area contributed by atoms with Crippen LogP contribution >= 0.6 is 0 Å². The van der Waals surface area contributed by atoms with Crippen LogP contribution in [0.3, 0.4) is 0 Å². The van der Waals surface area contributed by atoms with Gasteiger partial charge in [-0.05, 0) is 32.4 Å². The highest BCUT2D eigenvalue weighted by Gasteiger charge is 2.46. The minimum Gasteiger partial charge on any atom is -0.301 e. The Kier molecular flexibility index (Phi) is 3.01. The van der Waals surface area contributed by atoms with E-state index in [0.29, 0.717) is 6.42 Å². The maximum Gasteiger partial charge on any atom is 0.237 e. The first-order valence-electron chi connectivity index (χ1n) is 6.37. The van der Waals surface area contributed by atoms with E-state index in [-0.39, 0.29) is 17.7 Å². The molecule has 0 aliphatic carbocycles. The summed E-state index contributed by atoms with van der Waals surface area (Å²) in [5.74, 6) is 0.105. The average Bonchev–Trinajstić information content (AvgIpc) is 2.57. The highest BCUT2D eigenvalue weighted by molar-refractivity contribution is 6.11. The predicted molar refractivity (Wildman–Crippen MR) is 71.7 cm³/mol. The molecule has 2 rings (SSSR count). The van der Waals surface area contributed by atoms with Gasteiger partial charge in [0, 0.05) is 12.1 Å². The molecule has 1 aromatic carbocycles. The first-order chi connectivity index (χ1) is 8.41. The lowest BCUT2D eigenvalue weighted by atomic mass is 9.86. The quantitative estimate of drug-likeness (QED) is 0.821. The molecule has 0 aromatic heterocycles. The number of nitrogens with zero attached hydrogens (tertiary/aromatic N) is 1. The van der Waals surface area contributed by atoms with E-state index in [0.717, 1.165) is 11.3 Å². The van der Waals surface area contributed by atoms with E-state index >= 15 is 0 Å². The van der Waals surface area contributed by atoms with Gasteiger partial charge in [0.15, 0.2) is 5.78 Å². The second-order valence-corrected chi connectivity index (χ2v) is 5.31. The summed E-state index contributed by atoms with van der Waals surface area (Å²) in [5, 5.41) is 0. The molecule has 96 valence electrons. The zero-order valence-corrected chi connectivity index (χ0v) is 11.4. The van der Waals surface area contributed by atoms with Crippen molar-refractivity contribution in [2.24, 2.45) is 0 Å². The van der Waals surface area contributed by atoms with Crippen LogP contribution in [0, 0.1) is 0 Å². The number of carbonyl (C=O) groups excluding carboxylic acids is 2. The molecule has 3 nitrogen and oxygen atoms in total. The Morgan fingerprint density at radius 3 is 2.56 bits per heavy atom. The van der Waals surface area contributed by atoms with Gasteiger partial charge in [0.2, 0.25) is 5.91 Å². The summed E-state index contributed by atoms with van der Waals surface area (Å²) in [6.45, 7) is 7.47. The molecule has 18 heavy (non-hydrogen) atoms. The van der Waals surface area contributed by atoms with Crippen molar-refractivity contribution in [3.63, 3.8) is 0 Å². The summed E-state index contributed by atoms with van der Waals surface area (Å²) in [5.41, 5.74) is 1.34. The molecule has 1 unspecified atom stereocenters. The van der Waals surface area contributed by atoms with Crippen LogP contribution in [-0.2, 0) is 15.0 Å². The summed E-state index contributed by atoms with van der Waals surface area (Å²) < 4.78 is 0. The van der Waals surface area contributed by atoms with Crippen molar-refractivity contribution in [3.8, 4) is 0 Å². The number of Topliss-reactive ketones (excluding diaryl/α,β-unsaturated/α-hetero) is 1. The molecule has 1 aliphatic heterocycles. The first kappa shape index (κ1) is 12.8. The summed E-state index contributed by atoms with van der Waals surface area (Å²) >= 11 is 0. The number of fused-ring (bicyclic) bond motifs is 1. The molecule has 0 N–H and O–H groups in total. The molecule has 0 fully saturated rings. The lowest BCUT2D eigenvalue weighted by molar-refractivity contribution is -0.126. The van der Waals surface area contributed by atoms with Crippen LogP contribution < -0.4 is 4.90 Å². The lowest BCUT2D eigenvalue weighted by Crippen LogP contribution is -2.45. The number of hydrogen-bond donors (Lipinski definition) is 0. The van der Waals surface area contributed by atoms with E-state index in [1.165, 1.54) is 0 Å². The molecule has 0 saturated carbocycles. The van der Waals surface area contributed by atoms with Crippen molar-refractivity contribution < 1.29 is 9.59 Å². The van der Waals surface area contributed by atoms with E-state index in [1.54, 1.807) is 4.90 Å². The maximum atomic E-state index is 12.5. The zero-order valence-electron chi connectivity index (χ0n) is 11.4. The third-order valence-corrected chi connectivity index (χ3v) is 3.79. The summed E-state index contributed by atoms with van der Waals surface area (Å²) in [6, 6.07) is 7.34. The van der Waals surface area contributed by atoms with E-state index < -0.39 is 5.41 Å². The Hall–Kier alpha value is -1.64. The van der Waals surface area contributed by atoms with Crippen LogP contribution in [0.5, 0.6) is 0 Å². The van der Waals surface area contributed by atoms with E-state index in [2.05, 4.69) is 0 Å². The molecule has 1 aliphatic rings. The van der Waals surface area contributed by atoms with Crippen molar-refractivity contribution >= 4 is 17.4 Å². The van der Waals surface area contributed by atoms with E-state index in [1.807, 2.05) is 52.0 Å². The van der Waals surface area contributed by atoms with Gasteiger partial charge < -0.3 is 4.90 Å². The third kappa shape index (κ3) is 1.65. The van der Waals surface area contributed by atoms with Crippen LogP contribution in [-0.4, -0.2) is 17.7 Å². The lowest BCUT2D eigenvalue weighted by Gasteiger charge is -2.25. The molecular formula is C15H19NO2. The number of ketones is 1. The van der Waals surface area contributed by atoms with Gasteiger partial charge in [0.05, 0.1) is 11.5 Å². The molecule has 0 bridgehead atoms. The van der Waals surface area contributed by atoms with Crippen molar-refractivity contribution in [2.45, 2.75) is 45.6 Å². The van der Waals surface area contributed by atoms with Crippen LogP contribution in [0.25, 0.3) is 0 Å². The topological polar surface area (TPSA) is 37.4 Å². The number of anilines is 1. The Labute approximate surface area is 108 Å². The largest absolute Gasteiger partial charge is 0.301 e. The maximum absolute atomic E-state index is 12.5. The first-order valence-corrected chi connectivity index (χ1v) is 6.37. The van der Waals surface area contributed by atoms with Crippen LogP contribution in [0.4, 0.5) is 5.69 Å². The van der Waals surface area contributed by atoms with Gasteiger partial charge in [-0.25, -0.2) is 0 Å². The molecule has 1 heterocycles. The van der Waals surface area contributed by atoms with Gasteiger partial charge in [-0.3, -0.25) is 9.59 Å². The van der Waals surface area contributed by atoms with Gasteiger partial charge in [-0.1, -0.05) is 25.1 Å². The fraction of sp³-hybridized carbons (Fsp3) is 0.467. The summed E-state index contributed by atoms with van der Waals surface area (Å²) in [7, 11) is 0. The van der Waals surface area contributed by atoms with Crippen molar-refractivity contribution in [1.82, 2.24) is 0 Å². The summed E-state index contributed by atoms with van der Waals surface area (Å²) in [4.78, 5) is 26.0. The molecule has 1 aromatic rings. The molecular weight excluding hydrogens is 226 g/mol. The normalized spacial score (nSPS) is 18.7. The predicted octanol–water partition coefficient (Wildman–Crippen LogP) is 2.68. The smallest absolute Gasteiger partial charge is 0.237 e. The van der Waals surface area contributed by atoms with Gasteiger partial charge in [-0.2, -0.15) is 0 Å². The van der Waals surface area contributed by atoms with E-state index in [9.17, 15) is 9.59 Å². The molecule has 0 spiro atoms. The van der Waals surface area contributed by atoms with Crippen LogP contribution in [0.15, 0.2) is 24.3 Å². The van der Waals surface area contributed by atoms with Gasteiger partial charge in [0.1, 0.15) is 0 Å². The number of amides is 1. The second-order valence-electron chi connectivity index (χ2n) is 5.31. The van der Waals surface area contributed by atoms with Crippen LogP contribution in [0.2, 0.25) is 0 Å². The monoisotopic (exact) mass is 245 g/mol. The zero-order chi connectivity index (χ0) is 13.5. The number of hydrogen-bond acceptors (Lipinski definition) is 2. The fourth-order valence-electron chi connectivity index (χ4n) is 2.56. The number of carbonyl (C=O) groups is 2. The minimum absolute atomic E-state index is 0.0120. The van der Waals surface area contributed by atoms with Crippen molar-refractivity contribution in [3.05, 3.63) is 29.8 Å². The highest BCUT2D eigenvalue weighted by Crippen LogP contribution is 2.42.